The van der Waals surface area contributed by atoms with Crippen molar-refractivity contribution in [3.8, 4) is 5.75 Å². The maximum absolute atomic E-state index is 13.1. The summed E-state index contributed by atoms with van der Waals surface area (Å²) in [5, 5.41) is 0. The molecule has 0 aromatic heterocycles. The molecule has 2 aromatic rings. The van der Waals surface area contributed by atoms with Crippen molar-refractivity contribution in [1.82, 2.24) is 4.90 Å². The minimum Gasteiger partial charge on any atom is -0.497 e. The fraction of sp³-hybridized carbons (Fsp3) is 0.320. The lowest BCUT2D eigenvalue weighted by Crippen LogP contribution is -2.45. The van der Waals surface area contributed by atoms with E-state index in [0.717, 1.165) is 10.5 Å². The fourth-order valence-electron chi connectivity index (χ4n) is 3.58. The first-order valence-corrected chi connectivity index (χ1v) is 10.2. The van der Waals surface area contributed by atoms with Gasteiger partial charge in [0.25, 0.3) is 5.91 Å². The number of carbonyl (C=O) groups excluding carboxylic acids is 3. The van der Waals surface area contributed by atoms with E-state index in [1.165, 1.54) is 6.08 Å². The van der Waals surface area contributed by atoms with Crippen LogP contribution in [0.2, 0.25) is 0 Å². The summed E-state index contributed by atoms with van der Waals surface area (Å²) in [7, 11) is 1.56. The molecule has 1 aliphatic rings. The topological polar surface area (TPSA) is 72.9 Å². The Morgan fingerprint density at radius 3 is 2.42 bits per heavy atom. The van der Waals surface area contributed by atoms with Gasteiger partial charge in [0, 0.05) is 24.0 Å². The largest absolute Gasteiger partial charge is 0.497 e. The highest BCUT2D eigenvalue weighted by atomic mass is 16.6. The quantitative estimate of drug-likeness (QED) is 0.629. The summed E-state index contributed by atoms with van der Waals surface area (Å²) in [4.78, 5) is 39.5. The molecule has 1 heterocycles. The van der Waals surface area contributed by atoms with Crippen LogP contribution in [0.15, 0.2) is 66.7 Å². The zero-order chi connectivity index (χ0) is 22.6. The first-order valence-electron chi connectivity index (χ1n) is 10.2. The van der Waals surface area contributed by atoms with E-state index in [1.54, 1.807) is 64.3 Å². The molecule has 0 radical (unpaired) electrons. The molecule has 2 aromatic carbocycles. The van der Waals surface area contributed by atoms with Gasteiger partial charge in [-0.15, -0.1) is 0 Å². The van der Waals surface area contributed by atoms with Crippen LogP contribution >= 0.6 is 0 Å². The lowest BCUT2D eigenvalue weighted by atomic mass is 9.85. The van der Waals surface area contributed by atoms with E-state index < -0.39 is 29.6 Å². The Bertz CT molecular complexity index is 990. The molecule has 31 heavy (non-hydrogen) atoms. The molecule has 0 spiro atoms. The summed E-state index contributed by atoms with van der Waals surface area (Å²) >= 11 is 0. The van der Waals surface area contributed by atoms with Crippen LogP contribution in [0.4, 0.5) is 4.79 Å². The number of Topliss-reactive ketones (excluding diaryl/α,β-unsaturated/α-hetero) is 1. The maximum Gasteiger partial charge on any atom is 0.417 e. The molecule has 0 N–H and O–H groups in total. The normalized spacial score (nSPS) is 16.8. The van der Waals surface area contributed by atoms with Crippen molar-refractivity contribution in [1.29, 1.82) is 0 Å². The molecule has 162 valence electrons. The van der Waals surface area contributed by atoms with Gasteiger partial charge in [-0.1, -0.05) is 48.5 Å². The average Bonchev–Trinajstić information content (AvgIpc) is 3.12. The van der Waals surface area contributed by atoms with Crippen LogP contribution in [0.3, 0.4) is 0 Å². The number of methoxy groups -OCH3 is 1. The molecule has 6 heteroatoms. The maximum atomic E-state index is 13.1. The monoisotopic (exact) mass is 421 g/mol. The standard InChI is InChI=1S/C25H27NO5/c1-25(2,3)31-24(29)26-21(13-14-23(26)28)20(18-11-8-12-19(15-18)30-4)16-22(27)17-9-6-5-7-10-17/h5-15,20-21H,16H2,1-4H3/t20-,21+/m1/s1. The van der Waals surface area contributed by atoms with Gasteiger partial charge in [0.05, 0.1) is 13.2 Å². The SMILES string of the molecule is COc1cccc([C@@H](CC(=O)c2ccccc2)[C@@H]2C=CC(=O)N2C(=O)OC(C)(C)C)c1. The molecule has 2 amide bonds. The Hall–Kier alpha value is -3.41. The fourth-order valence-corrected chi connectivity index (χ4v) is 3.58. The molecule has 6 nitrogen and oxygen atoms in total. The summed E-state index contributed by atoms with van der Waals surface area (Å²) in [5.41, 5.74) is 0.615. The molecule has 2 atom stereocenters. The Labute approximate surface area is 182 Å². The predicted molar refractivity (Wildman–Crippen MR) is 117 cm³/mol. The number of benzene rings is 2. The first kappa shape index (κ1) is 22.3. The molecule has 0 saturated heterocycles. The van der Waals surface area contributed by atoms with E-state index in [1.807, 2.05) is 24.3 Å². The molecular formula is C25H27NO5. The van der Waals surface area contributed by atoms with Gasteiger partial charge in [0.15, 0.2) is 5.78 Å². The molecule has 0 bridgehead atoms. The third kappa shape index (κ3) is 5.40. The van der Waals surface area contributed by atoms with Crippen LogP contribution in [-0.4, -0.2) is 41.4 Å². The Morgan fingerprint density at radius 1 is 1.06 bits per heavy atom. The van der Waals surface area contributed by atoms with Crippen LogP contribution < -0.4 is 4.74 Å². The lowest BCUT2D eigenvalue weighted by molar-refractivity contribution is -0.125. The highest BCUT2D eigenvalue weighted by molar-refractivity contribution is 6.02. The van der Waals surface area contributed by atoms with Crippen molar-refractivity contribution in [2.75, 3.05) is 7.11 Å². The van der Waals surface area contributed by atoms with E-state index in [0.29, 0.717) is 11.3 Å². The summed E-state index contributed by atoms with van der Waals surface area (Å²) in [5.74, 6) is -0.366. The van der Waals surface area contributed by atoms with Crippen LogP contribution in [0, 0.1) is 0 Å². The van der Waals surface area contributed by atoms with Crippen molar-refractivity contribution in [3.05, 3.63) is 77.9 Å². The van der Waals surface area contributed by atoms with E-state index in [4.69, 9.17) is 9.47 Å². The number of amides is 2. The van der Waals surface area contributed by atoms with Gasteiger partial charge in [0.2, 0.25) is 0 Å². The second-order valence-electron chi connectivity index (χ2n) is 8.41. The summed E-state index contributed by atoms with van der Waals surface area (Å²) in [6, 6.07) is 15.6. The van der Waals surface area contributed by atoms with Gasteiger partial charge in [0.1, 0.15) is 11.4 Å². The minimum atomic E-state index is -0.754. The zero-order valence-electron chi connectivity index (χ0n) is 18.2. The zero-order valence-corrected chi connectivity index (χ0v) is 18.2. The van der Waals surface area contributed by atoms with Crippen LogP contribution in [0.1, 0.15) is 49.0 Å². The molecule has 0 aliphatic carbocycles. The van der Waals surface area contributed by atoms with E-state index >= 15 is 0 Å². The van der Waals surface area contributed by atoms with E-state index in [9.17, 15) is 14.4 Å². The molecule has 0 unspecified atom stereocenters. The van der Waals surface area contributed by atoms with Gasteiger partial charge in [-0.05, 0) is 38.5 Å². The molecule has 0 fully saturated rings. The van der Waals surface area contributed by atoms with Crippen LogP contribution in [0.25, 0.3) is 0 Å². The Balaban J connectivity index is 1.98. The third-order valence-electron chi connectivity index (χ3n) is 5.00. The highest BCUT2D eigenvalue weighted by Crippen LogP contribution is 2.34. The molecule has 3 rings (SSSR count). The number of imide groups is 1. The van der Waals surface area contributed by atoms with Crippen molar-refractivity contribution in [3.63, 3.8) is 0 Å². The number of hydrogen-bond donors (Lipinski definition) is 0. The van der Waals surface area contributed by atoms with Gasteiger partial charge in [-0.2, -0.15) is 0 Å². The van der Waals surface area contributed by atoms with Crippen LogP contribution in [0.5, 0.6) is 5.75 Å². The Kier molecular flexibility index (Phi) is 6.59. The van der Waals surface area contributed by atoms with Gasteiger partial charge < -0.3 is 9.47 Å². The molecule has 1 aliphatic heterocycles. The smallest absolute Gasteiger partial charge is 0.417 e. The number of rotatable bonds is 6. The van der Waals surface area contributed by atoms with E-state index in [2.05, 4.69) is 0 Å². The Morgan fingerprint density at radius 2 is 1.77 bits per heavy atom. The van der Waals surface area contributed by atoms with Crippen LogP contribution in [-0.2, 0) is 9.53 Å². The van der Waals surface area contributed by atoms with Gasteiger partial charge >= 0.3 is 6.09 Å². The number of hydrogen-bond acceptors (Lipinski definition) is 5. The first-order chi connectivity index (χ1) is 14.7. The molecular weight excluding hydrogens is 394 g/mol. The third-order valence-corrected chi connectivity index (χ3v) is 5.00. The number of ether oxygens (including phenoxy) is 2. The number of ketones is 1. The van der Waals surface area contributed by atoms with Crippen molar-refractivity contribution < 1.29 is 23.9 Å². The highest BCUT2D eigenvalue weighted by Gasteiger charge is 2.40. The summed E-state index contributed by atoms with van der Waals surface area (Å²) in [6.07, 6.45) is 2.40. The van der Waals surface area contributed by atoms with Gasteiger partial charge in [-0.25, -0.2) is 9.69 Å². The van der Waals surface area contributed by atoms with Crippen molar-refractivity contribution >= 4 is 17.8 Å². The lowest BCUT2D eigenvalue weighted by Gasteiger charge is -2.32. The summed E-state index contributed by atoms with van der Waals surface area (Å²) < 4.78 is 10.8. The second-order valence-corrected chi connectivity index (χ2v) is 8.41. The average molecular weight is 421 g/mol. The summed E-state index contributed by atoms with van der Waals surface area (Å²) in [6.45, 7) is 5.23. The van der Waals surface area contributed by atoms with Crippen molar-refractivity contribution in [2.24, 2.45) is 0 Å². The second kappa shape index (κ2) is 9.16. The minimum absolute atomic E-state index is 0.0784. The van der Waals surface area contributed by atoms with Gasteiger partial charge in [-0.3, -0.25) is 9.59 Å². The number of carbonyl (C=O) groups is 3. The predicted octanol–water partition coefficient (Wildman–Crippen LogP) is 4.75. The van der Waals surface area contributed by atoms with E-state index in [-0.39, 0.29) is 12.2 Å². The number of nitrogens with zero attached hydrogens (tertiary/aromatic N) is 1. The molecule has 0 saturated carbocycles. The van der Waals surface area contributed by atoms with Crippen molar-refractivity contribution in [2.45, 2.75) is 44.8 Å².